The average molecular weight is 334 g/mol. The first kappa shape index (κ1) is 15.6. The zero-order chi connectivity index (χ0) is 16.9. The number of amides is 1. The van der Waals surface area contributed by atoms with Crippen LogP contribution < -0.4 is 10.1 Å². The summed E-state index contributed by atoms with van der Waals surface area (Å²) in [6.07, 6.45) is 2.69. The molecular weight excluding hydrogens is 322 g/mol. The highest BCUT2D eigenvalue weighted by atomic mass is 19.3. The van der Waals surface area contributed by atoms with Crippen LogP contribution in [0.2, 0.25) is 0 Å². The van der Waals surface area contributed by atoms with Crippen LogP contribution in [-0.4, -0.2) is 37.9 Å². The number of hydrogen-bond acceptors (Lipinski definition) is 5. The molecule has 24 heavy (non-hydrogen) atoms. The Balaban J connectivity index is 1.78. The lowest BCUT2D eigenvalue weighted by molar-refractivity contribution is -0.0498. The van der Waals surface area contributed by atoms with E-state index >= 15 is 0 Å². The topological polar surface area (TPSA) is 109 Å². The van der Waals surface area contributed by atoms with Gasteiger partial charge in [0.25, 0.3) is 5.91 Å². The lowest BCUT2D eigenvalue weighted by Gasteiger charge is -2.07. The summed E-state index contributed by atoms with van der Waals surface area (Å²) >= 11 is 0. The number of nitrogens with zero attached hydrogens (tertiary/aromatic N) is 3. The molecule has 0 unspecified atom stereocenters. The molecule has 3 aromatic rings. The number of hydrogen-bond donors (Lipinski definition) is 3. The number of carbonyl (C=O) groups is 1. The molecule has 0 saturated carbocycles. The van der Waals surface area contributed by atoms with Crippen LogP contribution in [0.15, 0.2) is 36.8 Å². The number of aromatic amines is 2. The summed E-state index contributed by atoms with van der Waals surface area (Å²) in [5.74, 6) is 0.0983. The lowest BCUT2D eigenvalue weighted by atomic mass is 10.1. The zero-order valence-electron chi connectivity index (χ0n) is 12.2. The van der Waals surface area contributed by atoms with Crippen LogP contribution in [0.3, 0.4) is 0 Å². The number of nitrogens with one attached hydrogen (secondary N) is 3. The molecule has 1 aromatic carbocycles. The van der Waals surface area contributed by atoms with E-state index in [2.05, 4.69) is 35.4 Å². The number of rotatable bonds is 6. The van der Waals surface area contributed by atoms with Crippen molar-refractivity contribution in [3.8, 4) is 17.0 Å². The van der Waals surface area contributed by atoms with Crippen molar-refractivity contribution in [2.75, 3.05) is 0 Å². The SMILES string of the molecule is O=C(NCc1ncn[nH]1)c1cn[nH]c1-c1cccc(OC(F)F)c1. The van der Waals surface area contributed by atoms with Crippen molar-refractivity contribution in [2.45, 2.75) is 13.2 Å². The van der Waals surface area contributed by atoms with Crippen molar-refractivity contribution in [3.63, 3.8) is 0 Å². The molecule has 0 aliphatic heterocycles. The van der Waals surface area contributed by atoms with Crippen molar-refractivity contribution >= 4 is 5.91 Å². The van der Waals surface area contributed by atoms with E-state index in [0.29, 0.717) is 17.1 Å². The van der Waals surface area contributed by atoms with Gasteiger partial charge < -0.3 is 10.1 Å². The van der Waals surface area contributed by atoms with Gasteiger partial charge >= 0.3 is 6.61 Å². The fraction of sp³-hybridized carbons (Fsp3) is 0.143. The van der Waals surface area contributed by atoms with Crippen LogP contribution in [0.5, 0.6) is 5.75 Å². The number of H-pyrrole nitrogens is 2. The van der Waals surface area contributed by atoms with E-state index in [1.165, 1.54) is 24.7 Å². The molecule has 0 fully saturated rings. The van der Waals surface area contributed by atoms with E-state index in [1.807, 2.05) is 0 Å². The molecule has 10 heteroatoms. The number of carbonyl (C=O) groups excluding carboxylic acids is 1. The molecule has 2 heterocycles. The van der Waals surface area contributed by atoms with Gasteiger partial charge in [-0.05, 0) is 12.1 Å². The average Bonchev–Trinajstić information content (AvgIpc) is 3.23. The number of ether oxygens (including phenoxy) is 1. The number of alkyl halides is 2. The van der Waals surface area contributed by atoms with Gasteiger partial charge in [-0.25, -0.2) is 4.98 Å². The molecule has 0 bridgehead atoms. The molecule has 0 aliphatic carbocycles. The second-order valence-electron chi connectivity index (χ2n) is 4.68. The van der Waals surface area contributed by atoms with Crippen molar-refractivity contribution in [1.29, 1.82) is 0 Å². The highest BCUT2D eigenvalue weighted by Gasteiger charge is 2.16. The standard InChI is InChI=1S/C14H12F2N6O2/c15-14(16)24-9-3-1-2-8(4-9)12-10(5-19-22-12)13(23)17-6-11-18-7-20-21-11/h1-5,7,14H,6H2,(H,17,23)(H,19,22)(H,18,20,21). The van der Waals surface area contributed by atoms with Crippen LogP contribution in [0.4, 0.5) is 8.78 Å². The Morgan fingerprint density at radius 1 is 1.29 bits per heavy atom. The summed E-state index contributed by atoms with van der Waals surface area (Å²) < 4.78 is 29.0. The highest BCUT2D eigenvalue weighted by Crippen LogP contribution is 2.26. The van der Waals surface area contributed by atoms with Gasteiger partial charge in [-0.15, -0.1) is 0 Å². The fourth-order valence-electron chi connectivity index (χ4n) is 2.08. The van der Waals surface area contributed by atoms with Gasteiger partial charge in [0, 0.05) is 5.56 Å². The third kappa shape index (κ3) is 3.54. The van der Waals surface area contributed by atoms with Crippen LogP contribution in [0.25, 0.3) is 11.3 Å². The van der Waals surface area contributed by atoms with Gasteiger partial charge in [-0.1, -0.05) is 12.1 Å². The normalized spacial score (nSPS) is 10.8. The minimum Gasteiger partial charge on any atom is -0.435 e. The molecule has 124 valence electrons. The largest absolute Gasteiger partial charge is 0.435 e. The lowest BCUT2D eigenvalue weighted by Crippen LogP contribution is -2.23. The summed E-state index contributed by atoms with van der Waals surface area (Å²) in [7, 11) is 0. The summed E-state index contributed by atoms with van der Waals surface area (Å²) in [6, 6.07) is 5.99. The van der Waals surface area contributed by atoms with Crippen LogP contribution in [0, 0.1) is 0 Å². The third-order valence-electron chi connectivity index (χ3n) is 3.11. The van der Waals surface area contributed by atoms with Gasteiger partial charge in [0.2, 0.25) is 0 Å². The maximum absolute atomic E-state index is 12.3. The minimum absolute atomic E-state index is 0.00915. The Morgan fingerprint density at radius 3 is 2.92 bits per heavy atom. The van der Waals surface area contributed by atoms with E-state index in [-0.39, 0.29) is 17.9 Å². The van der Waals surface area contributed by atoms with Crippen molar-refractivity contribution in [3.05, 3.63) is 48.2 Å². The summed E-state index contributed by atoms with van der Waals surface area (Å²) in [4.78, 5) is 16.2. The van der Waals surface area contributed by atoms with Gasteiger partial charge in [0.05, 0.1) is 24.0 Å². The zero-order valence-corrected chi connectivity index (χ0v) is 12.2. The van der Waals surface area contributed by atoms with Crippen LogP contribution in [-0.2, 0) is 6.54 Å². The van der Waals surface area contributed by atoms with E-state index in [9.17, 15) is 13.6 Å². The molecule has 3 N–H and O–H groups in total. The second-order valence-corrected chi connectivity index (χ2v) is 4.68. The molecule has 0 saturated heterocycles. The number of benzene rings is 1. The molecule has 0 atom stereocenters. The van der Waals surface area contributed by atoms with Gasteiger partial charge in [0.1, 0.15) is 17.9 Å². The van der Waals surface area contributed by atoms with Gasteiger partial charge in [0.15, 0.2) is 0 Å². The molecule has 2 aromatic heterocycles. The Bertz CT molecular complexity index is 818. The predicted octanol–water partition coefficient (Wildman–Crippen LogP) is 1.73. The Labute approximate surface area is 134 Å². The molecule has 0 aliphatic rings. The van der Waals surface area contributed by atoms with E-state index in [1.54, 1.807) is 12.1 Å². The second kappa shape index (κ2) is 6.86. The first-order chi connectivity index (χ1) is 11.6. The quantitative estimate of drug-likeness (QED) is 0.636. The maximum atomic E-state index is 12.3. The Kier molecular flexibility index (Phi) is 4.45. The fourth-order valence-corrected chi connectivity index (χ4v) is 2.08. The van der Waals surface area contributed by atoms with Crippen LogP contribution in [0.1, 0.15) is 16.2 Å². The number of halogens is 2. The Morgan fingerprint density at radius 2 is 2.17 bits per heavy atom. The summed E-state index contributed by atoms with van der Waals surface area (Å²) in [5, 5.41) is 15.5. The monoisotopic (exact) mass is 334 g/mol. The van der Waals surface area contributed by atoms with Crippen molar-refractivity contribution in [1.82, 2.24) is 30.7 Å². The van der Waals surface area contributed by atoms with Crippen LogP contribution >= 0.6 is 0 Å². The summed E-state index contributed by atoms with van der Waals surface area (Å²) in [5.41, 5.74) is 1.16. The van der Waals surface area contributed by atoms with E-state index in [4.69, 9.17) is 0 Å². The molecular formula is C14H12F2N6O2. The molecule has 3 rings (SSSR count). The summed E-state index contributed by atoms with van der Waals surface area (Å²) in [6.45, 7) is -2.76. The van der Waals surface area contributed by atoms with E-state index in [0.717, 1.165) is 0 Å². The Hall–Kier alpha value is -3.30. The smallest absolute Gasteiger partial charge is 0.387 e. The minimum atomic E-state index is -2.92. The molecule has 0 spiro atoms. The highest BCUT2D eigenvalue weighted by molar-refractivity contribution is 5.99. The first-order valence-electron chi connectivity index (χ1n) is 6.84. The molecule has 0 radical (unpaired) electrons. The third-order valence-corrected chi connectivity index (χ3v) is 3.11. The predicted molar refractivity (Wildman–Crippen MR) is 78.2 cm³/mol. The van der Waals surface area contributed by atoms with E-state index < -0.39 is 12.5 Å². The first-order valence-corrected chi connectivity index (χ1v) is 6.84. The van der Waals surface area contributed by atoms with Crippen molar-refractivity contribution < 1.29 is 18.3 Å². The molecule has 1 amide bonds. The maximum Gasteiger partial charge on any atom is 0.387 e. The molecule has 8 nitrogen and oxygen atoms in total. The number of aromatic nitrogens is 5. The van der Waals surface area contributed by atoms with Gasteiger partial charge in [-0.3, -0.25) is 15.0 Å². The van der Waals surface area contributed by atoms with Gasteiger partial charge in [-0.2, -0.15) is 19.0 Å². The van der Waals surface area contributed by atoms with Crippen molar-refractivity contribution in [2.24, 2.45) is 0 Å².